The Balaban J connectivity index is 2.44. The number of nitrogens with zero attached hydrogens (tertiary/aromatic N) is 1. The van der Waals surface area contributed by atoms with E-state index >= 15 is 0 Å². The Morgan fingerprint density at radius 3 is 2.57 bits per heavy atom. The summed E-state index contributed by atoms with van der Waals surface area (Å²) in [7, 11) is 4.63. The van der Waals surface area contributed by atoms with Crippen LogP contribution in [0.2, 0.25) is 5.02 Å². The van der Waals surface area contributed by atoms with Crippen LogP contribution in [0.4, 0.5) is 0 Å². The molecule has 0 saturated carbocycles. The van der Waals surface area contributed by atoms with Crippen molar-refractivity contribution >= 4 is 29.4 Å². The first-order valence-electron chi connectivity index (χ1n) is 6.78. The largest absolute Gasteiger partial charge is 0.496 e. The average molecular weight is 343 g/mol. The van der Waals surface area contributed by atoms with E-state index in [1.165, 1.54) is 12.0 Å². The van der Waals surface area contributed by atoms with Gasteiger partial charge in [-0.2, -0.15) is 0 Å². The molecule has 0 saturated heterocycles. The monoisotopic (exact) mass is 342 g/mol. The van der Waals surface area contributed by atoms with Gasteiger partial charge in [0.25, 0.3) is 5.91 Å². The lowest BCUT2D eigenvalue weighted by atomic mass is 10.1. The second kappa shape index (κ2) is 8.99. The number of esters is 1. The predicted octanol–water partition coefficient (Wildman–Crippen LogP) is 0.639. The third kappa shape index (κ3) is 6.56. The SMILES string of the molecule is COc1ccc(Cl)cc1CC(=O)OCC(=O)NCC(=O)N(C)C. The molecule has 0 fully saturated rings. The number of halogens is 1. The highest BCUT2D eigenvalue weighted by Crippen LogP contribution is 2.23. The summed E-state index contributed by atoms with van der Waals surface area (Å²) in [4.78, 5) is 35.9. The topological polar surface area (TPSA) is 84.9 Å². The summed E-state index contributed by atoms with van der Waals surface area (Å²) < 4.78 is 9.99. The maximum absolute atomic E-state index is 11.8. The van der Waals surface area contributed by atoms with Crippen LogP contribution in [0.3, 0.4) is 0 Å². The van der Waals surface area contributed by atoms with Crippen LogP contribution in [-0.4, -0.2) is 57.0 Å². The van der Waals surface area contributed by atoms with Crippen molar-refractivity contribution in [3.63, 3.8) is 0 Å². The molecule has 126 valence electrons. The normalized spacial score (nSPS) is 9.91. The zero-order chi connectivity index (χ0) is 17.4. The van der Waals surface area contributed by atoms with Crippen molar-refractivity contribution < 1.29 is 23.9 Å². The minimum Gasteiger partial charge on any atom is -0.496 e. The first kappa shape index (κ1) is 18.8. The maximum Gasteiger partial charge on any atom is 0.310 e. The van der Waals surface area contributed by atoms with Crippen molar-refractivity contribution in [2.75, 3.05) is 34.4 Å². The zero-order valence-corrected chi connectivity index (χ0v) is 14.0. The van der Waals surface area contributed by atoms with Crippen molar-refractivity contribution in [2.45, 2.75) is 6.42 Å². The van der Waals surface area contributed by atoms with Gasteiger partial charge in [0.2, 0.25) is 5.91 Å². The smallest absolute Gasteiger partial charge is 0.310 e. The summed E-state index contributed by atoms with van der Waals surface area (Å²) in [5.41, 5.74) is 0.563. The molecule has 23 heavy (non-hydrogen) atoms. The number of likely N-dealkylation sites (N-methyl/N-ethyl adjacent to an activating group) is 1. The van der Waals surface area contributed by atoms with Gasteiger partial charge >= 0.3 is 5.97 Å². The number of amides is 2. The van der Waals surface area contributed by atoms with Gasteiger partial charge in [0.05, 0.1) is 20.1 Å². The molecule has 7 nitrogen and oxygen atoms in total. The molecule has 0 heterocycles. The molecule has 0 aliphatic heterocycles. The lowest BCUT2D eigenvalue weighted by Crippen LogP contribution is -2.38. The number of hydrogen-bond donors (Lipinski definition) is 1. The molecule has 1 aromatic rings. The predicted molar refractivity (Wildman–Crippen MR) is 84.4 cm³/mol. The second-order valence-corrected chi connectivity index (χ2v) is 5.29. The fourth-order valence-electron chi connectivity index (χ4n) is 1.62. The van der Waals surface area contributed by atoms with Crippen LogP contribution >= 0.6 is 11.6 Å². The molecule has 1 aromatic carbocycles. The van der Waals surface area contributed by atoms with Gasteiger partial charge in [-0.25, -0.2) is 0 Å². The average Bonchev–Trinajstić information content (AvgIpc) is 2.50. The highest BCUT2D eigenvalue weighted by Gasteiger charge is 2.13. The van der Waals surface area contributed by atoms with Crippen LogP contribution in [0.25, 0.3) is 0 Å². The fourth-order valence-corrected chi connectivity index (χ4v) is 1.82. The highest BCUT2D eigenvalue weighted by atomic mass is 35.5. The van der Waals surface area contributed by atoms with Crippen LogP contribution in [0, 0.1) is 0 Å². The molecule has 0 spiro atoms. The number of methoxy groups -OCH3 is 1. The molecule has 0 radical (unpaired) electrons. The van der Waals surface area contributed by atoms with Crippen molar-refractivity contribution in [2.24, 2.45) is 0 Å². The van der Waals surface area contributed by atoms with E-state index in [1.807, 2.05) is 0 Å². The van der Waals surface area contributed by atoms with Crippen LogP contribution in [0.1, 0.15) is 5.56 Å². The Kier molecular flexibility index (Phi) is 7.34. The van der Waals surface area contributed by atoms with Crippen LogP contribution in [0.15, 0.2) is 18.2 Å². The Morgan fingerprint density at radius 1 is 1.26 bits per heavy atom. The van der Waals surface area contributed by atoms with Crippen LogP contribution in [-0.2, 0) is 25.5 Å². The van der Waals surface area contributed by atoms with Crippen LogP contribution < -0.4 is 10.1 Å². The second-order valence-electron chi connectivity index (χ2n) is 4.86. The van der Waals surface area contributed by atoms with Gasteiger partial charge in [0, 0.05) is 24.7 Å². The summed E-state index contributed by atoms with van der Waals surface area (Å²) >= 11 is 5.87. The van der Waals surface area contributed by atoms with Gasteiger partial charge in [0.15, 0.2) is 6.61 Å². The van der Waals surface area contributed by atoms with Crippen molar-refractivity contribution in [1.82, 2.24) is 10.2 Å². The molecule has 1 rings (SSSR count). The van der Waals surface area contributed by atoms with E-state index in [0.29, 0.717) is 16.3 Å². The molecular weight excluding hydrogens is 324 g/mol. The summed E-state index contributed by atoms with van der Waals surface area (Å²) in [6, 6.07) is 4.88. The zero-order valence-electron chi connectivity index (χ0n) is 13.2. The Morgan fingerprint density at radius 2 is 1.96 bits per heavy atom. The van der Waals surface area contributed by atoms with E-state index in [1.54, 1.807) is 32.3 Å². The summed E-state index contributed by atoms with van der Waals surface area (Å²) in [5, 5.41) is 2.83. The van der Waals surface area contributed by atoms with Crippen LogP contribution in [0.5, 0.6) is 5.75 Å². The Bertz CT molecular complexity index is 589. The number of nitrogens with one attached hydrogen (secondary N) is 1. The number of benzene rings is 1. The lowest BCUT2D eigenvalue weighted by molar-refractivity contribution is -0.148. The van der Waals surface area contributed by atoms with E-state index in [0.717, 1.165) is 0 Å². The summed E-state index contributed by atoms with van der Waals surface area (Å²) in [5.74, 6) is -0.896. The number of hydrogen-bond acceptors (Lipinski definition) is 5. The quantitative estimate of drug-likeness (QED) is 0.735. The van der Waals surface area contributed by atoms with Gasteiger partial charge in [-0.15, -0.1) is 0 Å². The van der Waals surface area contributed by atoms with E-state index < -0.39 is 18.5 Å². The maximum atomic E-state index is 11.8. The minimum absolute atomic E-state index is 0.0758. The van der Waals surface area contributed by atoms with Gasteiger partial charge in [-0.1, -0.05) is 11.6 Å². The molecule has 0 unspecified atom stereocenters. The van der Waals surface area contributed by atoms with Gasteiger partial charge in [-0.3, -0.25) is 14.4 Å². The van der Waals surface area contributed by atoms with E-state index in [-0.39, 0.29) is 18.9 Å². The minimum atomic E-state index is -0.598. The third-order valence-corrected chi connectivity index (χ3v) is 3.11. The molecule has 8 heteroatoms. The Hall–Kier alpha value is -2.28. The van der Waals surface area contributed by atoms with Crippen molar-refractivity contribution in [1.29, 1.82) is 0 Å². The number of ether oxygens (including phenoxy) is 2. The first-order chi connectivity index (χ1) is 10.8. The van der Waals surface area contributed by atoms with Crippen molar-refractivity contribution in [3.8, 4) is 5.75 Å². The fraction of sp³-hybridized carbons (Fsp3) is 0.400. The lowest BCUT2D eigenvalue weighted by Gasteiger charge is -2.11. The standard InChI is InChI=1S/C15H19ClN2O5/c1-18(2)14(20)8-17-13(19)9-23-15(21)7-10-6-11(16)4-5-12(10)22-3/h4-6H,7-9H2,1-3H3,(H,17,19). The number of carbonyl (C=O) groups excluding carboxylic acids is 3. The summed E-state index contributed by atoms with van der Waals surface area (Å²) in [6.45, 7) is -0.603. The third-order valence-electron chi connectivity index (χ3n) is 2.88. The molecular formula is C15H19ClN2O5. The van der Waals surface area contributed by atoms with Crippen molar-refractivity contribution in [3.05, 3.63) is 28.8 Å². The van der Waals surface area contributed by atoms with E-state index in [4.69, 9.17) is 21.1 Å². The molecule has 1 N–H and O–H groups in total. The number of carbonyl (C=O) groups is 3. The Labute approximate surface area is 139 Å². The molecule has 0 atom stereocenters. The molecule has 0 bridgehead atoms. The molecule has 0 aliphatic carbocycles. The molecule has 0 aliphatic rings. The summed E-state index contributed by atoms with van der Waals surface area (Å²) in [6.07, 6.45) is -0.0758. The van der Waals surface area contributed by atoms with Gasteiger partial charge < -0.3 is 19.7 Å². The van der Waals surface area contributed by atoms with Gasteiger partial charge in [-0.05, 0) is 18.2 Å². The molecule has 0 aromatic heterocycles. The number of rotatable bonds is 7. The molecule has 2 amide bonds. The first-order valence-corrected chi connectivity index (χ1v) is 7.16. The van der Waals surface area contributed by atoms with E-state index in [2.05, 4.69) is 5.32 Å². The van der Waals surface area contributed by atoms with E-state index in [9.17, 15) is 14.4 Å². The highest BCUT2D eigenvalue weighted by molar-refractivity contribution is 6.30. The van der Waals surface area contributed by atoms with Gasteiger partial charge in [0.1, 0.15) is 5.75 Å².